The molecular weight excluding hydrogens is 226 g/mol. The van der Waals surface area contributed by atoms with E-state index < -0.39 is 0 Å². The first-order valence-corrected chi connectivity index (χ1v) is 5.83. The van der Waals surface area contributed by atoms with E-state index in [1.165, 1.54) is 0 Å². The Morgan fingerprint density at radius 1 is 1.39 bits per heavy atom. The molecule has 0 saturated heterocycles. The molecule has 0 unspecified atom stereocenters. The Hall–Kier alpha value is -2.36. The van der Waals surface area contributed by atoms with Crippen LogP contribution in [0.5, 0.6) is 0 Å². The molecule has 0 atom stereocenters. The zero-order chi connectivity index (χ0) is 12.5. The molecule has 0 saturated carbocycles. The molecular formula is C14H13N3O. The molecule has 0 fully saturated rings. The van der Waals surface area contributed by atoms with Crippen LogP contribution in [0.4, 0.5) is 5.82 Å². The third kappa shape index (κ3) is 1.82. The quantitative estimate of drug-likeness (QED) is 0.768. The van der Waals surface area contributed by atoms with Crippen LogP contribution in [0.2, 0.25) is 0 Å². The van der Waals surface area contributed by atoms with Crippen molar-refractivity contribution in [2.75, 3.05) is 5.32 Å². The fourth-order valence-corrected chi connectivity index (χ4v) is 2.06. The summed E-state index contributed by atoms with van der Waals surface area (Å²) in [6, 6.07) is 10.0. The Balaban J connectivity index is 2.11. The van der Waals surface area contributed by atoms with Gasteiger partial charge in [0.15, 0.2) is 0 Å². The van der Waals surface area contributed by atoms with Gasteiger partial charge in [0, 0.05) is 30.3 Å². The van der Waals surface area contributed by atoms with Gasteiger partial charge in [-0.1, -0.05) is 18.2 Å². The molecule has 1 amide bonds. The van der Waals surface area contributed by atoms with E-state index in [1.54, 1.807) is 24.2 Å². The monoisotopic (exact) mass is 239 g/mol. The number of carbonyl (C=O) groups excluding carboxylic acids is 1. The number of anilines is 1. The molecule has 0 aliphatic carbocycles. The average Bonchev–Trinajstić information content (AvgIpc) is 2.57. The van der Waals surface area contributed by atoms with Gasteiger partial charge in [-0.05, 0) is 12.1 Å². The number of nitrogens with zero attached hydrogens (tertiary/aromatic N) is 2. The first kappa shape index (κ1) is 10.8. The number of rotatable bonds is 0. The molecule has 1 aliphatic heterocycles. The van der Waals surface area contributed by atoms with Gasteiger partial charge in [0.25, 0.3) is 0 Å². The molecule has 90 valence electrons. The molecule has 1 aliphatic rings. The molecule has 0 radical (unpaired) electrons. The predicted octanol–water partition coefficient (Wildman–Crippen LogP) is 2.48. The summed E-state index contributed by atoms with van der Waals surface area (Å²) in [6.07, 6.45) is 3.49. The van der Waals surface area contributed by atoms with Gasteiger partial charge >= 0.3 is 0 Å². The maximum Gasteiger partial charge on any atom is 0.223 e. The topological polar surface area (TPSA) is 45.2 Å². The van der Waals surface area contributed by atoms with Crippen LogP contribution >= 0.6 is 0 Å². The van der Waals surface area contributed by atoms with Gasteiger partial charge in [-0.15, -0.1) is 0 Å². The highest BCUT2D eigenvalue weighted by Crippen LogP contribution is 2.23. The van der Waals surface area contributed by atoms with Crippen molar-refractivity contribution in [2.45, 2.75) is 13.5 Å². The molecule has 4 nitrogen and oxygen atoms in total. The van der Waals surface area contributed by atoms with E-state index in [2.05, 4.69) is 16.4 Å². The second-order valence-electron chi connectivity index (χ2n) is 4.30. The number of carbonyl (C=O) groups is 1. The fraction of sp³-hybridized carbons (Fsp3) is 0.143. The molecule has 3 rings (SSSR count). The van der Waals surface area contributed by atoms with Gasteiger partial charge in [0.1, 0.15) is 5.82 Å². The summed E-state index contributed by atoms with van der Waals surface area (Å²) < 4.78 is 0. The second kappa shape index (κ2) is 4.14. The minimum atomic E-state index is 0.0223. The number of para-hydroxylation sites is 1. The number of amides is 1. The molecule has 0 bridgehead atoms. The Morgan fingerprint density at radius 3 is 3.06 bits per heavy atom. The summed E-state index contributed by atoms with van der Waals surface area (Å²) in [4.78, 5) is 17.7. The van der Waals surface area contributed by atoms with Crippen LogP contribution < -0.4 is 5.32 Å². The highest BCUT2D eigenvalue weighted by molar-refractivity contribution is 5.82. The summed E-state index contributed by atoms with van der Waals surface area (Å²) >= 11 is 0. The minimum absolute atomic E-state index is 0.0223. The van der Waals surface area contributed by atoms with Crippen molar-refractivity contribution in [1.29, 1.82) is 0 Å². The van der Waals surface area contributed by atoms with Crippen molar-refractivity contribution >= 4 is 22.6 Å². The highest BCUT2D eigenvalue weighted by Gasteiger charge is 2.14. The van der Waals surface area contributed by atoms with Gasteiger partial charge in [0.05, 0.1) is 12.1 Å². The minimum Gasteiger partial charge on any atom is -0.345 e. The van der Waals surface area contributed by atoms with Gasteiger partial charge in [-0.2, -0.15) is 0 Å². The van der Waals surface area contributed by atoms with Crippen molar-refractivity contribution < 1.29 is 4.79 Å². The molecule has 2 aromatic rings. The van der Waals surface area contributed by atoms with E-state index in [-0.39, 0.29) is 5.91 Å². The molecule has 2 heterocycles. The summed E-state index contributed by atoms with van der Waals surface area (Å²) in [5.41, 5.74) is 1.97. The van der Waals surface area contributed by atoms with E-state index in [4.69, 9.17) is 0 Å². The Kier molecular flexibility index (Phi) is 2.48. The Morgan fingerprint density at radius 2 is 2.22 bits per heavy atom. The molecule has 1 N–H and O–H groups in total. The third-order valence-corrected chi connectivity index (χ3v) is 3.02. The standard InChI is InChI=1S/C14H13N3O/c1-10(18)17-7-6-15-14-12(9-17)8-11-4-2-3-5-13(11)16-14/h2-8H,9H2,1H3,(H,15,16). The van der Waals surface area contributed by atoms with E-state index in [0.717, 1.165) is 22.3 Å². The van der Waals surface area contributed by atoms with Gasteiger partial charge in [-0.25, -0.2) is 4.98 Å². The number of hydrogen-bond donors (Lipinski definition) is 1. The second-order valence-corrected chi connectivity index (χ2v) is 4.30. The van der Waals surface area contributed by atoms with Crippen molar-refractivity contribution in [1.82, 2.24) is 9.88 Å². The third-order valence-electron chi connectivity index (χ3n) is 3.02. The predicted molar refractivity (Wildman–Crippen MR) is 70.7 cm³/mol. The highest BCUT2D eigenvalue weighted by atomic mass is 16.2. The van der Waals surface area contributed by atoms with Crippen LogP contribution in [0.25, 0.3) is 10.9 Å². The average molecular weight is 239 g/mol. The summed E-state index contributed by atoms with van der Waals surface area (Å²) in [7, 11) is 0. The first-order chi connectivity index (χ1) is 8.74. The number of aromatic nitrogens is 1. The lowest BCUT2D eigenvalue weighted by Gasteiger charge is -2.15. The number of nitrogens with one attached hydrogen (secondary N) is 1. The zero-order valence-corrected chi connectivity index (χ0v) is 10.1. The Bertz CT molecular complexity index is 649. The number of fused-ring (bicyclic) bond motifs is 2. The summed E-state index contributed by atoms with van der Waals surface area (Å²) in [5.74, 6) is 0.836. The summed E-state index contributed by atoms with van der Waals surface area (Å²) in [6.45, 7) is 2.11. The fourth-order valence-electron chi connectivity index (χ4n) is 2.06. The van der Waals surface area contributed by atoms with Gasteiger partial charge in [-0.3, -0.25) is 4.79 Å². The maximum atomic E-state index is 11.5. The van der Waals surface area contributed by atoms with E-state index in [1.807, 2.05) is 24.3 Å². The first-order valence-electron chi connectivity index (χ1n) is 5.83. The maximum absolute atomic E-state index is 11.5. The van der Waals surface area contributed by atoms with Crippen LogP contribution in [-0.2, 0) is 11.3 Å². The summed E-state index contributed by atoms with van der Waals surface area (Å²) in [5, 5.41) is 4.20. The van der Waals surface area contributed by atoms with Crippen LogP contribution in [0.1, 0.15) is 12.5 Å². The lowest BCUT2D eigenvalue weighted by atomic mass is 10.1. The van der Waals surface area contributed by atoms with E-state index in [9.17, 15) is 4.79 Å². The zero-order valence-electron chi connectivity index (χ0n) is 10.1. The molecule has 18 heavy (non-hydrogen) atoms. The van der Waals surface area contributed by atoms with Crippen molar-refractivity contribution in [3.05, 3.63) is 48.3 Å². The van der Waals surface area contributed by atoms with E-state index in [0.29, 0.717) is 6.54 Å². The molecule has 0 spiro atoms. The van der Waals surface area contributed by atoms with E-state index >= 15 is 0 Å². The Labute approximate surface area is 105 Å². The van der Waals surface area contributed by atoms with Crippen LogP contribution in [0.15, 0.2) is 42.7 Å². The number of pyridine rings is 1. The smallest absolute Gasteiger partial charge is 0.223 e. The van der Waals surface area contributed by atoms with Gasteiger partial charge in [0.2, 0.25) is 5.91 Å². The van der Waals surface area contributed by atoms with Crippen molar-refractivity contribution in [3.8, 4) is 0 Å². The SMILES string of the molecule is CC(=O)N1C=CNc2nc3ccccc3cc2C1. The molecule has 1 aromatic heterocycles. The van der Waals surface area contributed by atoms with Crippen molar-refractivity contribution in [2.24, 2.45) is 0 Å². The number of benzene rings is 1. The lowest BCUT2D eigenvalue weighted by Crippen LogP contribution is -2.21. The van der Waals surface area contributed by atoms with Crippen LogP contribution in [-0.4, -0.2) is 15.8 Å². The van der Waals surface area contributed by atoms with Crippen LogP contribution in [0.3, 0.4) is 0 Å². The normalized spacial score (nSPS) is 13.9. The molecule has 1 aromatic carbocycles. The van der Waals surface area contributed by atoms with Crippen LogP contribution in [0, 0.1) is 0 Å². The number of hydrogen-bond acceptors (Lipinski definition) is 3. The van der Waals surface area contributed by atoms with Gasteiger partial charge < -0.3 is 10.2 Å². The molecule has 4 heteroatoms. The van der Waals surface area contributed by atoms with Crippen molar-refractivity contribution in [3.63, 3.8) is 0 Å². The lowest BCUT2D eigenvalue weighted by molar-refractivity contribution is -0.126. The largest absolute Gasteiger partial charge is 0.345 e.